The fourth-order valence-electron chi connectivity index (χ4n) is 2.70. The molecule has 3 rings (SSSR count). The topological polar surface area (TPSA) is 44.5 Å². The maximum absolute atomic E-state index is 6.34. The number of nitrogens with two attached hydrogens (primary N) is 1. The van der Waals surface area contributed by atoms with Gasteiger partial charge in [0.1, 0.15) is 0 Å². The van der Waals surface area contributed by atoms with Crippen molar-refractivity contribution in [2.45, 2.75) is 38.1 Å². The van der Waals surface area contributed by atoms with Crippen molar-refractivity contribution in [1.29, 1.82) is 0 Å². The lowest BCUT2D eigenvalue weighted by molar-refractivity contribution is 0.277. The van der Waals surface area contributed by atoms with E-state index in [1.54, 1.807) is 0 Å². The molecule has 0 aromatic heterocycles. The Bertz CT molecular complexity index is 460. The molecule has 1 fully saturated rings. The molecule has 1 unspecified atom stereocenters. The van der Waals surface area contributed by atoms with E-state index in [4.69, 9.17) is 26.8 Å². The Kier molecular flexibility index (Phi) is 3.85. The third-order valence-electron chi connectivity index (χ3n) is 4.08. The monoisotopic (exact) mass is 281 g/mol. The van der Waals surface area contributed by atoms with Crippen LogP contribution in [-0.2, 0) is 0 Å². The van der Waals surface area contributed by atoms with Crippen LogP contribution < -0.4 is 15.2 Å². The minimum atomic E-state index is -0.00467. The van der Waals surface area contributed by atoms with Gasteiger partial charge in [-0.25, -0.2) is 0 Å². The molecule has 0 saturated heterocycles. The number of fused-ring (bicyclic) bond motifs is 1. The summed E-state index contributed by atoms with van der Waals surface area (Å²) in [6.07, 6.45) is 5.85. The number of halogens is 1. The van der Waals surface area contributed by atoms with Crippen molar-refractivity contribution in [2.24, 2.45) is 11.7 Å². The Morgan fingerprint density at radius 2 is 1.84 bits per heavy atom. The number of hydrogen-bond donors (Lipinski definition) is 1. The van der Waals surface area contributed by atoms with E-state index >= 15 is 0 Å². The Balaban J connectivity index is 1.81. The van der Waals surface area contributed by atoms with Gasteiger partial charge in [0.15, 0.2) is 11.5 Å². The summed E-state index contributed by atoms with van der Waals surface area (Å²) >= 11 is 6.34. The van der Waals surface area contributed by atoms with Gasteiger partial charge in [0.05, 0.1) is 13.2 Å². The van der Waals surface area contributed by atoms with E-state index in [0.717, 1.165) is 35.8 Å². The van der Waals surface area contributed by atoms with Crippen LogP contribution in [-0.4, -0.2) is 13.2 Å². The van der Waals surface area contributed by atoms with Gasteiger partial charge in [0.2, 0.25) is 0 Å². The van der Waals surface area contributed by atoms with E-state index in [2.05, 4.69) is 0 Å². The lowest BCUT2D eigenvalue weighted by Crippen LogP contribution is -2.20. The first kappa shape index (κ1) is 13.1. The minimum Gasteiger partial charge on any atom is -0.490 e. The van der Waals surface area contributed by atoms with Crippen LogP contribution in [0.25, 0.3) is 0 Å². The van der Waals surface area contributed by atoms with Crippen LogP contribution in [0.2, 0.25) is 5.02 Å². The minimum absolute atomic E-state index is 0.00467. The van der Waals surface area contributed by atoms with Gasteiger partial charge in [-0.15, -0.1) is 0 Å². The Labute approximate surface area is 119 Å². The SMILES string of the molecule is NC(CC1CCC1)c1cc2c(cc1Cl)OCCCO2. The normalized spacial score (nSPS) is 20.5. The molecule has 1 saturated carbocycles. The summed E-state index contributed by atoms with van der Waals surface area (Å²) in [6.45, 7) is 1.36. The van der Waals surface area contributed by atoms with E-state index in [-0.39, 0.29) is 6.04 Å². The molecule has 1 aliphatic heterocycles. The molecule has 1 aromatic carbocycles. The molecule has 1 atom stereocenters. The van der Waals surface area contributed by atoms with Gasteiger partial charge in [-0.05, 0) is 24.0 Å². The van der Waals surface area contributed by atoms with E-state index < -0.39 is 0 Å². The van der Waals surface area contributed by atoms with Gasteiger partial charge in [-0.3, -0.25) is 0 Å². The third kappa shape index (κ3) is 2.82. The van der Waals surface area contributed by atoms with Crippen molar-refractivity contribution >= 4 is 11.6 Å². The first-order valence-corrected chi connectivity index (χ1v) is 7.46. The van der Waals surface area contributed by atoms with Crippen molar-refractivity contribution < 1.29 is 9.47 Å². The van der Waals surface area contributed by atoms with Crippen LogP contribution in [0.5, 0.6) is 11.5 Å². The van der Waals surface area contributed by atoms with Crippen LogP contribution in [0.3, 0.4) is 0 Å². The molecular formula is C15H20ClNO2. The first-order chi connectivity index (χ1) is 9.24. The summed E-state index contributed by atoms with van der Waals surface area (Å²) in [7, 11) is 0. The smallest absolute Gasteiger partial charge is 0.162 e. The number of hydrogen-bond acceptors (Lipinski definition) is 3. The van der Waals surface area contributed by atoms with Gasteiger partial charge in [0, 0.05) is 23.6 Å². The molecule has 2 aliphatic rings. The van der Waals surface area contributed by atoms with Crippen molar-refractivity contribution in [2.75, 3.05) is 13.2 Å². The zero-order valence-corrected chi connectivity index (χ0v) is 11.8. The molecule has 1 aromatic rings. The van der Waals surface area contributed by atoms with Crippen LogP contribution in [0.1, 0.15) is 43.7 Å². The summed E-state index contributed by atoms with van der Waals surface area (Å²) in [5.74, 6) is 2.28. The molecule has 3 nitrogen and oxygen atoms in total. The van der Waals surface area contributed by atoms with Gasteiger partial charge in [-0.1, -0.05) is 30.9 Å². The highest BCUT2D eigenvalue weighted by Crippen LogP contribution is 2.40. The molecular weight excluding hydrogens is 262 g/mol. The highest BCUT2D eigenvalue weighted by Gasteiger charge is 2.23. The second-order valence-electron chi connectivity index (χ2n) is 5.51. The highest BCUT2D eigenvalue weighted by atomic mass is 35.5. The fraction of sp³-hybridized carbons (Fsp3) is 0.600. The van der Waals surface area contributed by atoms with E-state index in [9.17, 15) is 0 Å². The lowest BCUT2D eigenvalue weighted by atomic mass is 9.80. The average Bonchev–Trinajstić information content (AvgIpc) is 2.57. The van der Waals surface area contributed by atoms with E-state index in [0.29, 0.717) is 18.2 Å². The maximum atomic E-state index is 6.34. The quantitative estimate of drug-likeness (QED) is 0.919. The highest BCUT2D eigenvalue weighted by molar-refractivity contribution is 6.31. The number of rotatable bonds is 3. The Morgan fingerprint density at radius 1 is 1.16 bits per heavy atom. The Morgan fingerprint density at radius 3 is 2.47 bits per heavy atom. The van der Waals surface area contributed by atoms with Crippen molar-refractivity contribution in [3.05, 3.63) is 22.7 Å². The molecule has 0 bridgehead atoms. The zero-order valence-electron chi connectivity index (χ0n) is 11.0. The van der Waals surface area contributed by atoms with E-state index in [1.165, 1.54) is 19.3 Å². The molecule has 2 N–H and O–H groups in total. The van der Waals surface area contributed by atoms with Gasteiger partial charge in [-0.2, -0.15) is 0 Å². The summed E-state index contributed by atoms with van der Waals surface area (Å²) in [6, 6.07) is 3.81. The molecule has 1 aliphatic carbocycles. The molecule has 0 radical (unpaired) electrons. The number of ether oxygens (including phenoxy) is 2. The molecule has 4 heteroatoms. The third-order valence-corrected chi connectivity index (χ3v) is 4.41. The average molecular weight is 282 g/mol. The second kappa shape index (κ2) is 5.59. The maximum Gasteiger partial charge on any atom is 0.162 e. The largest absolute Gasteiger partial charge is 0.490 e. The van der Waals surface area contributed by atoms with Gasteiger partial charge < -0.3 is 15.2 Å². The van der Waals surface area contributed by atoms with E-state index in [1.807, 2.05) is 12.1 Å². The standard InChI is InChI=1S/C15H20ClNO2/c16-12-9-15-14(18-5-2-6-19-15)8-11(12)13(17)7-10-3-1-4-10/h8-10,13H,1-7,17H2. The van der Waals surface area contributed by atoms with Crippen molar-refractivity contribution in [1.82, 2.24) is 0 Å². The predicted molar refractivity (Wildman–Crippen MR) is 75.9 cm³/mol. The van der Waals surface area contributed by atoms with Crippen molar-refractivity contribution in [3.63, 3.8) is 0 Å². The predicted octanol–water partition coefficient (Wildman–Crippen LogP) is 3.69. The summed E-state index contributed by atoms with van der Waals surface area (Å²) < 4.78 is 11.3. The van der Waals surface area contributed by atoms with Crippen LogP contribution in [0.4, 0.5) is 0 Å². The molecule has 19 heavy (non-hydrogen) atoms. The molecule has 104 valence electrons. The van der Waals surface area contributed by atoms with Gasteiger partial charge >= 0.3 is 0 Å². The lowest BCUT2D eigenvalue weighted by Gasteiger charge is -2.28. The van der Waals surface area contributed by atoms with Crippen LogP contribution >= 0.6 is 11.6 Å². The van der Waals surface area contributed by atoms with Crippen LogP contribution in [0, 0.1) is 5.92 Å². The summed E-state index contributed by atoms with van der Waals surface area (Å²) in [5.41, 5.74) is 7.28. The van der Waals surface area contributed by atoms with Crippen LogP contribution in [0.15, 0.2) is 12.1 Å². The second-order valence-corrected chi connectivity index (χ2v) is 5.92. The molecule has 0 amide bonds. The molecule has 0 spiro atoms. The van der Waals surface area contributed by atoms with Crippen molar-refractivity contribution in [3.8, 4) is 11.5 Å². The van der Waals surface area contributed by atoms with Gasteiger partial charge in [0.25, 0.3) is 0 Å². The summed E-state index contributed by atoms with van der Waals surface area (Å²) in [5, 5.41) is 0.691. The summed E-state index contributed by atoms with van der Waals surface area (Å²) in [4.78, 5) is 0. The molecule has 1 heterocycles. The number of benzene rings is 1. The fourth-order valence-corrected chi connectivity index (χ4v) is 2.99. The first-order valence-electron chi connectivity index (χ1n) is 7.08. The Hall–Kier alpha value is -0.930. The zero-order chi connectivity index (χ0) is 13.2.